The quantitative estimate of drug-likeness (QED) is 0.255. The van der Waals surface area contributed by atoms with Gasteiger partial charge in [0, 0.05) is 43.8 Å². The summed E-state index contributed by atoms with van der Waals surface area (Å²) in [6.45, 7) is 3.70. The standard InChI is InChI=1S/C20H21N.C6H12Cl3N.2ClH/c1-21(2)15-7-12-20-18-10-5-3-8-16(18)13-14-17-9-4-6-11-19(17)20;7-1-4-10(5-2-8)6-3-9;;/h3-6,8-14H,7,15H2,1-2H3;1-6H2;2*1H. The molecule has 0 N–H and O–H groups in total. The molecule has 2 aromatic carbocycles. The molecule has 1 aliphatic carbocycles. The lowest BCUT2D eigenvalue weighted by atomic mass is 9.93. The van der Waals surface area contributed by atoms with Gasteiger partial charge in [0.05, 0.1) is 0 Å². The Kier molecular flexibility index (Phi) is 18.2. The first-order valence-corrected chi connectivity index (χ1v) is 12.3. The van der Waals surface area contributed by atoms with E-state index in [1.54, 1.807) is 0 Å². The van der Waals surface area contributed by atoms with Crippen LogP contribution in [-0.4, -0.2) is 67.7 Å². The molecule has 184 valence electrons. The van der Waals surface area contributed by atoms with Crippen LogP contribution in [0.4, 0.5) is 0 Å². The number of benzene rings is 2. The Balaban J connectivity index is 0.000000739. The highest BCUT2D eigenvalue weighted by Gasteiger charge is 2.13. The second-order valence-electron chi connectivity index (χ2n) is 7.63. The molecule has 0 bridgehead atoms. The Morgan fingerprint density at radius 2 is 1.09 bits per heavy atom. The second-order valence-corrected chi connectivity index (χ2v) is 8.76. The third kappa shape index (κ3) is 11.0. The van der Waals surface area contributed by atoms with Gasteiger partial charge in [-0.1, -0.05) is 66.8 Å². The maximum absolute atomic E-state index is 5.54. The van der Waals surface area contributed by atoms with Crippen molar-refractivity contribution in [2.45, 2.75) is 6.42 Å². The Morgan fingerprint density at radius 3 is 1.48 bits per heavy atom. The summed E-state index contributed by atoms with van der Waals surface area (Å²) in [4.78, 5) is 4.37. The molecule has 0 atom stereocenters. The van der Waals surface area contributed by atoms with Gasteiger partial charge in [0.15, 0.2) is 0 Å². The van der Waals surface area contributed by atoms with Gasteiger partial charge in [0.1, 0.15) is 0 Å². The molecule has 0 spiro atoms. The number of fused-ring (bicyclic) bond motifs is 2. The van der Waals surface area contributed by atoms with Crippen molar-refractivity contribution >= 4 is 77.3 Å². The monoisotopic (exact) mass is 550 g/mol. The van der Waals surface area contributed by atoms with Crippen LogP contribution >= 0.6 is 59.6 Å². The molecule has 3 rings (SSSR count). The van der Waals surface area contributed by atoms with E-state index in [1.807, 2.05) is 0 Å². The summed E-state index contributed by atoms with van der Waals surface area (Å²) < 4.78 is 0. The SMILES string of the molecule is CN(C)CCC=C1c2ccccc2C=Cc2ccccc21.Cl.Cl.ClCCN(CCCl)CCCl. The van der Waals surface area contributed by atoms with Crippen LogP contribution in [0.1, 0.15) is 28.7 Å². The summed E-state index contributed by atoms with van der Waals surface area (Å²) in [5.74, 6) is 1.94. The highest BCUT2D eigenvalue weighted by molar-refractivity contribution is 6.18. The van der Waals surface area contributed by atoms with E-state index in [2.05, 4.69) is 90.7 Å². The minimum atomic E-state index is 0. The fourth-order valence-electron chi connectivity index (χ4n) is 3.48. The zero-order valence-corrected chi connectivity index (χ0v) is 23.3. The minimum absolute atomic E-state index is 0. The van der Waals surface area contributed by atoms with Crippen molar-refractivity contribution in [3.05, 3.63) is 76.9 Å². The van der Waals surface area contributed by atoms with E-state index in [4.69, 9.17) is 34.8 Å². The number of hydrogen-bond donors (Lipinski definition) is 0. The Morgan fingerprint density at radius 1 is 0.667 bits per heavy atom. The van der Waals surface area contributed by atoms with E-state index in [9.17, 15) is 0 Å². The molecule has 33 heavy (non-hydrogen) atoms. The third-order valence-electron chi connectivity index (χ3n) is 5.07. The average Bonchev–Trinajstić information content (AvgIpc) is 2.92. The van der Waals surface area contributed by atoms with Gasteiger partial charge in [0.25, 0.3) is 0 Å². The van der Waals surface area contributed by atoms with Gasteiger partial charge >= 0.3 is 0 Å². The summed E-state index contributed by atoms with van der Waals surface area (Å²) in [7, 11) is 4.24. The lowest BCUT2D eigenvalue weighted by Crippen LogP contribution is -2.29. The first-order valence-electron chi connectivity index (χ1n) is 10.7. The molecule has 0 unspecified atom stereocenters. The highest BCUT2D eigenvalue weighted by Crippen LogP contribution is 2.33. The topological polar surface area (TPSA) is 6.48 Å². The molecule has 2 aromatic rings. The van der Waals surface area contributed by atoms with Crippen LogP contribution in [0.15, 0.2) is 54.6 Å². The van der Waals surface area contributed by atoms with Crippen molar-refractivity contribution in [1.29, 1.82) is 0 Å². The number of alkyl halides is 3. The van der Waals surface area contributed by atoms with Crippen molar-refractivity contribution in [2.24, 2.45) is 0 Å². The lowest BCUT2D eigenvalue weighted by molar-refractivity contribution is 0.327. The van der Waals surface area contributed by atoms with Crippen molar-refractivity contribution in [3.8, 4) is 0 Å². The molecule has 0 radical (unpaired) electrons. The Hall–Kier alpha value is -0.710. The molecule has 2 nitrogen and oxygen atoms in total. The molecular formula is C26H35Cl5N2. The van der Waals surface area contributed by atoms with Crippen LogP contribution in [0.2, 0.25) is 0 Å². The fraction of sp³-hybridized carbons (Fsp3) is 0.385. The summed E-state index contributed by atoms with van der Waals surface area (Å²) >= 11 is 16.6. The fourth-order valence-corrected chi connectivity index (χ4v) is 4.20. The molecule has 1 aliphatic rings. The number of nitrogens with zero attached hydrogens (tertiary/aromatic N) is 2. The van der Waals surface area contributed by atoms with E-state index in [1.165, 1.54) is 27.8 Å². The van der Waals surface area contributed by atoms with Gasteiger partial charge < -0.3 is 4.90 Å². The molecule has 0 amide bonds. The lowest BCUT2D eigenvalue weighted by Gasteiger charge is -2.17. The van der Waals surface area contributed by atoms with E-state index in [0.29, 0.717) is 17.6 Å². The second kappa shape index (κ2) is 18.6. The summed E-state index contributed by atoms with van der Waals surface area (Å²) in [5.41, 5.74) is 6.61. The first-order chi connectivity index (χ1) is 15.1. The molecule has 0 saturated carbocycles. The molecule has 7 heteroatoms. The van der Waals surface area contributed by atoms with Crippen LogP contribution < -0.4 is 0 Å². The zero-order chi connectivity index (χ0) is 22.5. The predicted molar refractivity (Wildman–Crippen MR) is 155 cm³/mol. The number of halogens is 5. The van der Waals surface area contributed by atoms with Crippen LogP contribution in [-0.2, 0) is 0 Å². The highest BCUT2D eigenvalue weighted by atomic mass is 35.5. The summed E-state index contributed by atoms with van der Waals surface area (Å²) in [6, 6.07) is 17.3. The van der Waals surface area contributed by atoms with Crippen LogP contribution in [0, 0.1) is 0 Å². The van der Waals surface area contributed by atoms with E-state index in [0.717, 1.165) is 32.6 Å². The minimum Gasteiger partial charge on any atom is -0.309 e. The van der Waals surface area contributed by atoms with Crippen molar-refractivity contribution in [2.75, 3.05) is 57.9 Å². The summed E-state index contributed by atoms with van der Waals surface area (Å²) in [6.07, 6.45) is 7.89. The Bertz CT molecular complexity index is 786. The maximum atomic E-state index is 5.54. The van der Waals surface area contributed by atoms with Crippen LogP contribution in [0.25, 0.3) is 17.7 Å². The Labute approximate surface area is 227 Å². The van der Waals surface area contributed by atoms with Gasteiger partial charge in [-0.05, 0) is 48.3 Å². The average molecular weight is 553 g/mol. The van der Waals surface area contributed by atoms with Gasteiger partial charge in [-0.3, -0.25) is 4.90 Å². The maximum Gasteiger partial charge on any atom is 0.0351 e. The van der Waals surface area contributed by atoms with Gasteiger partial charge in [-0.25, -0.2) is 0 Å². The van der Waals surface area contributed by atoms with E-state index >= 15 is 0 Å². The molecule has 0 fully saturated rings. The molecule has 0 heterocycles. The molecule has 0 aliphatic heterocycles. The van der Waals surface area contributed by atoms with Crippen LogP contribution in [0.3, 0.4) is 0 Å². The normalized spacial score (nSPS) is 11.4. The third-order valence-corrected chi connectivity index (χ3v) is 5.58. The predicted octanol–water partition coefficient (Wildman–Crippen LogP) is 7.40. The number of hydrogen-bond acceptors (Lipinski definition) is 2. The zero-order valence-electron chi connectivity index (χ0n) is 19.4. The summed E-state index contributed by atoms with van der Waals surface area (Å²) in [5, 5.41) is 0. The molecular weight excluding hydrogens is 518 g/mol. The largest absolute Gasteiger partial charge is 0.309 e. The van der Waals surface area contributed by atoms with Crippen molar-refractivity contribution < 1.29 is 0 Å². The molecule has 0 aromatic heterocycles. The number of rotatable bonds is 9. The molecule has 0 saturated heterocycles. The van der Waals surface area contributed by atoms with Gasteiger partial charge in [0.2, 0.25) is 0 Å². The van der Waals surface area contributed by atoms with Crippen LogP contribution in [0.5, 0.6) is 0 Å². The van der Waals surface area contributed by atoms with E-state index in [-0.39, 0.29) is 24.8 Å². The van der Waals surface area contributed by atoms with Gasteiger partial charge in [-0.2, -0.15) is 0 Å². The first kappa shape index (κ1) is 32.3. The van der Waals surface area contributed by atoms with Crippen molar-refractivity contribution in [3.63, 3.8) is 0 Å². The van der Waals surface area contributed by atoms with Crippen molar-refractivity contribution in [1.82, 2.24) is 9.80 Å². The van der Waals surface area contributed by atoms with E-state index < -0.39 is 0 Å². The van der Waals surface area contributed by atoms with Gasteiger partial charge in [-0.15, -0.1) is 59.6 Å². The smallest absolute Gasteiger partial charge is 0.0351 e.